The first-order valence-corrected chi connectivity index (χ1v) is 9.19. The average molecular weight is 334 g/mol. The van der Waals surface area contributed by atoms with Gasteiger partial charge in [-0.05, 0) is 25.1 Å². The van der Waals surface area contributed by atoms with Gasteiger partial charge in [0.1, 0.15) is 10.7 Å². The molecule has 0 saturated heterocycles. The third kappa shape index (κ3) is 3.78. The van der Waals surface area contributed by atoms with Crippen LogP contribution in [0.3, 0.4) is 0 Å². The maximum atomic E-state index is 13.8. The van der Waals surface area contributed by atoms with Gasteiger partial charge in [0.15, 0.2) is 9.84 Å². The summed E-state index contributed by atoms with van der Waals surface area (Å²) in [6, 6.07) is 3.75. The molecule has 1 aromatic carbocycles. The second kappa shape index (κ2) is 6.09. The number of sulfone groups is 1. The van der Waals surface area contributed by atoms with Crippen molar-refractivity contribution in [1.29, 1.82) is 5.26 Å². The van der Waals surface area contributed by atoms with E-state index in [4.69, 9.17) is 5.26 Å². The van der Waals surface area contributed by atoms with Crippen LogP contribution in [-0.4, -0.2) is 40.5 Å². The highest BCUT2D eigenvalue weighted by Crippen LogP contribution is 2.24. The van der Waals surface area contributed by atoms with Gasteiger partial charge in [0.05, 0.1) is 17.4 Å². The number of sulfonamides is 1. The van der Waals surface area contributed by atoms with E-state index < -0.39 is 36.6 Å². The molecular weight excluding hydrogens is 319 g/mol. The van der Waals surface area contributed by atoms with Crippen molar-refractivity contribution >= 4 is 19.9 Å². The largest absolute Gasteiger partial charge is 0.246 e. The molecule has 0 bridgehead atoms. The van der Waals surface area contributed by atoms with Gasteiger partial charge >= 0.3 is 0 Å². The van der Waals surface area contributed by atoms with Crippen molar-refractivity contribution < 1.29 is 21.2 Å². The molecule has 0 saturated carbocycles. The van der Waals surface area contributed by atoms with Crippen LogP contribution in [-0.2, 0) is 19.9 Å². The zero-order valence-electron chi connectivity index (χ0n) is 11.7. The molecule has 0 aliphatic heterocycles. The first kappa shape index (κ1) is 17.6. The number of hydrogen-bond acceptors (Lipinski definition) is 5. The predicted octanol–water partition coefficient (Wildman–Crippen LogP) is 1.15. The van der Waals surface area contributed by atoms with E-state index >= 15 is 0 Å². The van der Waals surface area contributed by atoms with Crippen molar-refractivity contribution in [3.05, 3.63) is 24.0 Å². The summed E-state index contributed by atoms with van der Waals surface area (Å²) in [7, 11) is -6.68. The Bertz CT molecular complexity index is 782. The lowest BCUT2D eigenvalue weighted by Crippen LogP contribution is -2.35. The molecule has 0 fully saturated rings. The summed E-state index contributed by atoms with van der Waals surface area (Å²) in [5.74, 6) is -1.04. The molecule has 0 aliphatic carbocycles. The van der Waals surface area contributed by atoms with Crippen LogP contribution in [0.1, 0.15) is 13.3 Å². The molecule has 1 aromatic rings. The highest BCUT2D eigenvalue weighted by Gasteiger charge is 2.29. The van der Waals surface area contributed by atoms with E-state index in [-0.39, 0.29) is 11.3 Å². The van der Waals surface area contributed by atoms with Crippen molar-refractivity contribution in [2.24, 2.45) is 0 Å². The van der Waals surface area contributed by atoms with E-state index in [1.807, 2.05) is 6.07 Å². The Hall–Kier alpha value is -1.50. The van der Waals surface area contributed by atoms with Crippen molar-refractivity contribution in [2.45, 2.75) is 29.2 Å². The number of halogens is 1. The summed E-state index contributed by atoms with van der Waals surface area (Å²) in [6.45, 7) is 1.50. The van der Waals surface area contributed by atoms with E-state index in [1.54, 1.807) is 0 Å². The van der Waals surface area contributed by atoms with Gasteiger partial charge < -0.3 is 0 Å². The van der Waals surface area contributed by atoms with E-state index in [0.717, 1.165) is 28.8 Å². The Morgan fingerprint density at radius 2 is 1.90 bits per heavy atom. The maximum Gasteiger partial charge on any atom is 0.246 e. The molecule has 1 unspecified atom stereocenters. The van der Waals surface area contributed by atoms with Crippen LogP contribution in [0.4, 0.5) is 4.39 Å². The number of hydrogen-bond donors (Lipinski definition) is 0. The Balaban J connectivity index is 3.42. The Labute approximate surface area is 123 Å². The molecule has 1 rings (SSSR count). The third-order valence-electron chi connectivity index (χ3n) is 3.00. The van der Waals surface area contributed by atoms with E-state index in [1.165, 1.54) is 14.0 Å². The van der Waals surface area contributed by atoms with Crippen LogP contribution in [0, 0.1) is 17.1 Å². The minimum absolute atomic E-state index is 0.0664. The third-order valence-corrected chi connectivity index (χ3v) is 6.09. The zero-order valence-corrected chi connectivity index (χ0v) is 13.4. The SMILES string of the molecule is CC(CC#N)N(C)S(=O)(=O)c1cc(S(C)(=O)=O)ccc1F. The van der Waals surface area contributed by atoms with Gasteiger partial charge in [0.25, 0.3) is 0 Å². The Morgan fingerprint density at radius 1 is 1.33 bits per heavy atom. The molecule has 116 valence electrons. The lowest BCUT2D eigenvalue weighted by Gasteiger charge is -2.22. The molecule has 0 spiro atoms. The van der Waals surface area contributed by atoms with Crippen molar-refractivity contribution in [1.82, 2.24) is 4.31 Å². The summed E-state index contributed by atoms with van der Waals surface area (Å²) in [6.07, 6.45) is 0.835. The van der Waals surface area contributed by atoms with Gasteiger partial charge in [-0.2, -0.15) is 9.57 Å². The Morgan fingerprint density at radius 3 is 2.38 bits per heavy atom. The highest BCUT2D eigenvalue weighted by molar-refractivity contribution is 7.91. The van der Waals surface area contributed by atoms with Gasteiger partial charge in [-0.3, -0.25) is 0 Å². The van der Waals surface area contributed by atoms with Crippen molar-refractivity contribution in [3.8, 4) is 6.07 Å². The van der Waals surface area contributed by atoms with Gasteiger partial charge in [-0.1, -0.05) is 0 Å². The van der Waals surface area contributed by atoms with Gasteiger partial charge in [0.2, 0.25) is 10.0 Å². The number of nitriles is 1. The van der Waals surface area contributed by atoms with Crippen LogP contribution in [0.2, 0.25) is 0 Å². The molecule has 0 heterocycles. The topological polar surface area (TPSA) is 95.3 Å². The van der Waals surface area contributed by atoms with E-state index in [0.29, 0.717) is 0 Å². The Kier molecular flexibility index (Phi) is 5.09. The predicted molar refractivity (Wildman–Crippen MR) is 74.2 cm³/mol. The molecule has 0 aromatic heterocycles. The summed E-state index contributed by atoms with van der Waals surface area (Å²) in [5, 5.41) is 8.60. The van der Waals surface area contributed by atoms with Gasteiger partial charge in [-0.25, -0.2) is 21.2 Å². The second-order valence-corrected chi connectivity index (χ2v) is 8.58. The zero-order chi connectivity index (χ0) is 16.4. The first-order valence-electron chi connectivity index (χ1n) is 5.86. The maximum absolute atomic E-state index is 13.8. The number of benzene rings is 1. The minimum Gasteiger partial charge on any atom is -0.224 e. The molecule has 0 amide bonds. The highest BCUT2D eigenvalue weighted by atomic mass is 32.2. The van der Waals surface area contributed by atoms with E-state index in [9.17, 15) is 21.2 Å². The molecular formula is C12H15FN2O4S2. The molecule has 6 nitrogen and oxygen atoms in total. The van der Waals surface area contributed by atoms with Crippen LogP contribution < -0.4 is 0 Å². The lowest BCUT2D eigenvalue weighted by molar-refractivity contribution is 0.390. The van der Waals surface area contributed by atoms with Crippen LogP contribution in [0.25, 0.3) is 0 Å². The molecule has 0 N–H and O–H groups in total. The molecule has 9 heteroatoms. The van der Waals surface area contributed by atoms with Gasteiger partial charge in [0, 0.05) is 19.3 Å². The standard InChI is InChI=1S/C12H15FN2O4S2/c1-9(6-7-14)15(2)21(18,19)12-8-10(20(3,16)17)4-5-11(12)13/h4-5,8-9H,6H2,1-3H3. The number of rotatable bonds is 5. The first-order chi connectivity index (χ1) is 9.51. The fourth-order valence-corrected chi connectivity index (χ4v) is 3.74. The van der Waals surface area contributed by atoms with Crippen LogP contribution in [0.5, 0.6) is 0 Å². The normalized spacial score (nSPS) is 13.9. The molecule has 0 radical (unpaired) electrons. The fraction of sp³-hybridized carbons (Fsp3) is 0.417. The van der Waals surface area contributed by atoms with Gasteiger partial charge in [-0.15, -0.1) is 0 Å². The second-order valence-electron chi connectivity index (χ2n) is 4.60. The molecule has 21 heavy (non-hydrogen) atoms. The summed E-state index contributed by atoms with van der Waals surface area (Å²) in [5.41, 5.74) is 0. The summed E-state index contributed by atoms with van der Waals surface area (Å²) >= 11 is 0. The quantitative estimate of drug-likeness (QED) is 0.753. The average Bonchev–Trinajstić information content (AvgIpc) is 2.36. The monoisotopic (exact) mass is 334 g/mol. The minimum atomic E-state index is -4.23. The van der Waals surface area contributed by atoms with Crippen LogP contribution in [0.15, 0.2) is 28.0 Å². The van der Waals surface area contributed by atoms with E-state index in [2.05, 4.69) is 0 Å². The summed E-state index contributed by atoms with van der Waals surface area (Å²) in [4.78, 5) is -1.01. The van der Waals surface area contributed by atoms with Crippen LogP contribution >= 0.6 is 0 Å². The van der Waals surface area contributed by atoms with Crippen molar-refractivity contribution in [2.75, 3.05) is 13.3 Å². The van der Waals surface area contributed by atoms with Crippen molar-refractivity contribution in [3.63, 3.8) is 0 Å². The fourth-order valence-electron chi connectivity index (χ4n) is 1.56. The molecule has 1 atom stereocenters. The smallest absolute Gasteiger partial charge is 0.224 e. The molecule has 0 aliphatic rings. The summed E-state index contributed by atoms with van der Waals surface area (Å²) < 4.78 is 62.2. The number of nitrogens with zero attached hydrogens (tertiary/aromatic N) is 2. The lowest BCUT2D eigenvalue weighted by atomic mass is 10.3.